The van der Waals surface area contributed by atoms with Crippen LogP contribution < -0.4 is 4.90 Å². The summed E-state index contributed by atoms with van der Waals surface area (Å²) in [5.74, 6) is 0.0344. The minimum Gasteiger partial charge on any atom is -0.367 e. The van der Waals surface area contributed by atoms with E-state index in [1.54, 1.807) is 0 Å². The standard InChI is InChI=1S/C20H18F3N3OS/c1-13-2-5-18(28-13)19(27)26-10-8-25(9-11-26)17-6-7-24-16-12-14(20(21,22)23)3-4-15(16)17/h2-7,12H,8-11H2,1H3. The molecule has 8 heteroatoms. The maximum Gasteiger partial charge on any atom is 0.416 e. The van der Waals surface area contributed by atoms with Gasteiger partial charge in [-0.3, -0.25) is 9.78 Å². The second-order valence-electron chi connectivity index (χ2n) is 6.75. The summed E-state index contributed by atoms with van der Waals surface area (Å²) in [5.41, 5.74) is 0.462. The molecule has 3 heterocycles. The summed E-state index contributed by atoms with van der Waals surface area (Å²) < 4.78 is 38.9. The van der Waals surface area contributed by atoms with E-state index in [1.165, 1.54) is 23.6 Å². The summed E-state index contributed by atoms with van der Waals surface area (Å²) in [4.78, 5) is 22.5. The van der Waals surface area contributed by atoms with Crippen molar-refractivity contribution in [3.05, 3.63) is 57.9 Å². The van der Waals surface area contributed by atoms with Crippen LogP contribution in [0.4, 0.5) is 18.9 Å². The summed E-state index contributed by atoms with van der Waals surface area (Å²) in [5, 5.41) is 0.684. The van der Waals surface area contributed by atoms with E-state index in [-0.39, 0.29) is 5.91 Å². The average Bonchev–Trinajstić information content (AvgIpc) is 3.12. The Balaban J connectivity index is 1.53. The molecule has 0 bridgehead atoms. The summed E-state index contributed by atoms with van der Waals surface area (Å²) in [6, 6.07) is 9.25. The van der Waals surface area contributed by atoms with Crippen LogP contribution in [0.2, 0.25) is 0 Å². The first kappa shape index (κ1) is 18.7. The lowest BCUT2D eigenvalue weighted by molar-refractivity contribution is -0.137. The predicted octanol–water partition coefficient (Wildman–Crippen LogP) is 4.59. The van der Waals surface area contributed by atoms with Crippen molar-refractivity contribution >= 4 is 33.8 Å². The molecule has 0 aliphatic carbocycles. The molecule has 0 saturated carbocycles. The van der Waals surface area contributed by atoms with Gasteiger partial charge in [0, 0.05) is 48.3 Å². The van der Waals surface area contributed by atoms with E-state index in [4.69, 9.17) is 0 Å². The number of aryl methyl sites for hydroxylation is 1. The number of anilines is 1. The lowest BCUT2D eigenvalue weighted by atomic mass is 10.1. The number of alkyl halides is 3. The van der Waals surface area contributed by atoms with Gasteiger partial charge in [-0.25, -0.2) is 0 Å². The Morgan fingerprint density at radius 1 is 1.07 bits per heavy atom. The third-order valence-corrected chi connectivity index (χ3v) is 5.89. The van der Waals surface area contributed by atoms with Crippen molar-refractivity contribution in [3.8, 4) is 0 Å². The fraction of sp³-hybridized carbons (Fsp3) is 0.300. The van der Waals surface area contributed by atoms with Crippen LogP contribution in [0.25, 0.3) is 10.9 Å². The average molecular weight is 405 g/mol. The van der Waals surface area contributed by atoms with E-state index in [2.05, 4.69) is 9.88 Å². The molecule has 1 saturated heterocycles. The van der Waals surface area contributed by atoms with Gasteiger partial charge in [0.15, 0.2) is 0 Å². The molecule has 0 spiro atoms. The quantitative estimate of drug-likeness (QED) is 0.626. The maximum atomic E-state index is 13.0. The molecular weight excluding hydrogens is 387 g/mol. The van der Waals surface area contributed by atoms with Gasteiger partial charge < -0.3 is 9.80 Å². The fourth-order valence-corrected chi connectivity index (χ4v) is 4.28. The van der Waals surface area contributed by atoms with Crippen LogP contribution in [0.5, 0.6) is 0 Å². The Bertz CT molecular complexity index is 1020. The number of carbonyl (C=O) groups is 1. The van der Waals surface area contributed by atoms with Gasteiger partial charge in [0.1, 0.15) is 0 Å². The number of halogens is 3. The van der Waals surface area contributed by atoms with Crippen molar-refractivity contribution in [2.24, 2.45) is 0 Å². The molecule has 0 atom stereocenters. The first-order valence-corrected chi connectivity index (χ1v) is 9.71. The van der Waals surface area contributed by atoms with E-state index in [0.29, 0.717) is 37.1 Å². The van der Waals surface area contributed by atoms with E-state index < -0.39 is 11.7 Å². The number of fused-ring (bicyclic) bond motifs is 1. The number of amides is 1. The van der Waals surface area contributed by atoms with E-state index in [9.17, 15) is 18.0 Å². The van der Waals surface area contributed by atoms with Crippen LogP contribution in [0.3, 0.4) is 0 Å². The normalized spacial score (nSPS) is 15.3. The van der Waals surface area contributed by atoms with Gasteiger partial charge in [-0.05, 0) is 37.3 Å². The number of carbonyl (C=O) groups excluding carboxylic acids is 1. The molecule has 4 rings (SSSR count). The third kappa shape index (κ3) is 3.56. The van der Waals surface area contributed by atoms with Gasteiger partial charge in [-0.1, -0.05) is 6.07 Å². The molecule has 0 N–H and O–H groups in total. The summed E-state index contributed by atoms with van der Waals surface area (Å²) in [6.07, 6.45) is -2.86. The zero-order valence-corrected chi connectivity index (χ0v) is 16.0. The van der Waals surface area contributed by atoms with Crippen LogP contribution in [-0.4, -0.2) is 42.0 Å². The molecule has 0 radical (unpaired) electrons. The van der Waals surface area contributed by atoms with Crippen molar-refractivity contribution in [2.75, 3.05) is 31.1 Å². The van der Waals surface area contributed by atoms with Gasteiger partial charge in [0.05, 0.1) is 16.0 Å². The van der Waals surface area contributed by atoms with Crippen LogP contribution in [0.15, 0.2) is 42.6 Å². The molecule has 1 aliphatic heterocycles. The van der Waals surface area contributed by atoms with Crippen LogP contribution >= 0.6 is 11.3 Å². The Morgan fingerprint density at radius 3 is 2.46 bits per heavy atom. The molecule has 1 amide bonds. The monoisotopic (exact) mass is 405 g/mol. The number of thiophene rings is 1. The molecule has 2 aromatic heterocycles. The molecule has 1 aliphatic rings. The molecule has 0 unspecified atom stereocenters. The van der Waals surface area contributed by atoms with Gasteiger partial charge >= 0.3 is 6.18 Å². The van der Waals surface area contributed by atoms with Gasteiger partial charge in [-0.15, -0.1) is 11.3 Å². The Kier molecular flexibility index (Phi) is 4.74. The molecule has 1 fully saturated rings. The van der Waals surface area contributed by atoms with Crippen LogP contribution in [0, 0.1) is 6.92 Å². The van der Waals surface area contributed by atoms with Crippen molar-refractivity contribution in [3.63, 3.8) is 0 Å². The molecule has 1 aromatic carbocycles. The Hall–Kier alpha value is -2.61. The highest BCUT2D eigenvalue weighted by atomic mass is 32.1. The molecule has 4 nitrogen and oxygen atoms in total. The number of pyridine rings is 1. The lowest BCUT2D eigenvalue weighted by Gasteiger charge is -2.36. The molecule has 146 valence electrons. The topological polar surface area (TPSA) is 36.4 Å². The fourth-order valence-electron chi connectivity index (χ4n) is 3.44. The van der Waals surface area contributed by atoms with Gasteiger partial charge in [0.25, 0.3) is 5.91 Å². The first-order chi connectivity index (χ1) is 13.3. The van der Waals surface area contributed by atoms with E-state index >= 15 is 0 Å². The highest BCUT2D eigenvalue weighted by molar-refractivity contribution is 7.13. The summed E-state index contributed by atoms with van der Waals surface area (Å²) >= 11 is 1.49. The number of hydrogen-bond acceptors (Lipinski definition) is 4. The zero-order chi connectivity index (χ0) is 19.9. The highest BCUT2D eigenvalue weighted by Gasteiger charge is 2.31. The first-order valence-electron chi connectivity index (χ1n) is 8.89. The number of hydrogen-bond donors (Lipinski definition) is 0. The number of aromatic nitrogens is 1. The van der Waals surface area contributed by atoms with E-state index in [0.717, 1.165) is 27.6 Å². The molecular formula is C20H18F3N3OS. The summed E-state index contributed by atoms with van der Waals surface area (Å²) in [6.45, 7) is 4.35. The van der Waals surface area contributed by atoms with Crippen molar-refractivity contribution < 1.29 is 18.0 Å². The SMILES string of the molecule is Cc1ccc(C(=O)N2CCN(c3ccnc4cc(C(F)(F)F)ccc34)CC2)s1. The van der Waals surface area contributed by atoms with Gasteiger partial charge in [-0.2, -0.15) is 13.2 Å². The van der Waals surface area contributed by atoms with Crippen LogP contribution in [0.1, 0.15) is 20.1 Å². The van der Waals surface area contributed by atoms with Crippen LogP contribution in [-0.2, 0) is 6.18 Å². The molecule has 28 heavy (non-hydrogen) atoms. The summed E-state index contributed by atoms with van der Waals surface area (Å²) in [7, 11) is 0. The minimum absolute atomic E-state index is 0.0344. The minimum atomic E-state index is -4.39. The number of rotatable bonds is 2. The smallest absolute Gasteiger partial charge is 0.367 e. The van der Waals surface area contributed by atoms with Crippen molar-refractivity contribution in [1.82, 2.24) is 9.88 Å². The van der Waals surface area contributed by atoms with E-state index in [1.807, 2.05) is 30.0 Å². The maximum absolute atomic E-state index is 13.0. The van der Waals surface area contributed by atoms with Crippen molar-refractivity contribution in [1.29, 1.82) is 0 Å². The highest BCUT2D eigenvalue weighted by Crippen LogP contribution is 2.33. The number of benzene rings is 1. The predicted molar refractivity (Wildman–Crippen MR) is 104 cm³/mol. The Labute approximate surface area is 164 Å². The number of piperazine rings is 1. The zero-order valence-electron chi connectivity index (χ0n) is 15.2. The van der Waals surface area contributed by atoms with Crippen molar-refractivity contribution in [2.45, 2.75) is 13.1 Å². The lowest BCUT2D eigenvalue weighted by Crippen LogP contribution is -2.48. The Morgan fingerprint density at radius 2 is 1.82 bits per heavy atom. The second kappa shape index (κ2) is 7.09. The molecule has 3 aromatic rings. The largest absolute Gasteiger partial charge is 0.416 e. The van der Waals surface area contributed by atoms with Gasteiger partial charge in [0.2, 0.25) is 0 Å². The third-order valence-electron chi connectivity index (χ3n) is 4.91. The second-order valence-corrected chi connectivity index (χ2v) is 8.04. The number of nitrogens with zero attached hydrogens (tertiary/aromatic N) is 3.